The van der Waals surface area contributed by atoms with Crippen molar-refractivity contribution in [3.8, 4) is 0 Å². The molecular weight excluding hydrogens is 420 g/mol. The highest BCUT2D eigenvalue weighted by Crippen LogP contribution is 2.37. The lowest BCUT2D eigenvalue weighted by Crippen LogP contribution is -2.39. The van der Waals surface area contributed by atoms with Gasteiger partial charge in [0.2, 0.25) is 5.95 Å². The number of carboxylic acids is 1. The van der Waals surface area contributed by atoms with Crippen LogP contribution in [0.3, 0.4) is 0 Å². The molecule has 8 heteroatoms. The smallest absolute Gasteiger partial charge is 0.356 e. The lowest BCUT2D eigenvalue weighted by Gasteiger charge is -2.38. The molecule has 0 spiro atoms. The number of benzene rings is 1. The maximum Gasteiger partial charge on any atom is 0.356 e. The number of hydrogen-bond donors (Lipinski definition) is 3. The van der Waals surface area contributed by atoms with Crippen LogP contribution in [0.4, 0.5) is 17.3 Å². The predicted molar refractivity (Wildman–Crippen MR) is 129 cm³/mol. The number of carboxylic acid groups (broad SMARTS) is 1. The summed E-state index contributed by atoms with van der Waals surface area (Å²) in [4.78, 5) is 32.9. The number of anilines is 3. The van der Waals surface area contributed by atoms with Crippen molar-refractivity contribution >= 4 is 29.3 Å². The molecular formula is C25H36N4O4. The Morgan fingerprint density at radius 2 is 1.97 bits per heavy atom. The van der Waals surface area contributed by atoms with E-state index in [-0.39, 0.29) is 18.0 Å². The molecule has 180 valence electrons. The second kappa shape index (κ2) is 11.2. The molecule has 1 fully saturated rings. The summed E-state index contributed by atoms with van der Waals surface area (Å²) in [5, 5.41) is 12.6. The van der Waals surface area contributed by atoms with Crippen LogP contribution >= 0.6 is 0 Å². The van der Waals surface area contributed by atoms with Gasteiger partial charge < -0.3 is 25.0 Å². The predicted octanol–water partition coefficient (Wildman–Crippen LogP) is 5.31. The molecule has 1 heterocycles. The van der Waals surface area contributed by atoms with Crippen LogP contribution in [0.2, 0.25) is 0 Å². The Labute approximate surface area is 195 Å². The number of methoxy groups -OCH3 is 1. The fourth-order valence-corrected chi connectivity index (χ4v) is 4.55. The van der Waals surface area contributed by atoms with E-state index in [9.17, 15) is 14.7 Å². The molecule has 33 heavy (non-hydrogen) atoms. The van der Waals surface area contributed by atoms with Crippen molar-refractivity contribution in [3.63, 3.8) is 0 Å². The van der Waals surface area contributed by atoms with Gasteiger partial charge in [-0.3, -0.25) is 4.79 Å². The van der Waals surface area contributed by atoms with Crippen LogP contribution in [-0.4, -0.2) is 46.7 Å². The first-order valence-electron chi connectivity index (χ1n) is 11.8. The van der Waals surface area contributed by atoms with Gasteiger partial charge >= 0.3 is 11.9 Å². The number of esters is 1. The Morgan fingerprint density at radius 3 is 2.61 bits per heavy atom. The summed E-state index contributed by atoms with van der Waals surface area (Å²) in [7, 11) is 1.33. The van der Waals surface area contributed by atoms with Gasteiger partial charge in [0.05, 0.1) is 31.1 Å². The van der Waals surface area contributed by atoms with Crippen LogP contribution < -0.4 is 10.2 Å². The Balaban J connectivity index is 2.00. The number of aliphatic carboxylic acids is 1. The minimum absolute atomic E-state index is 0.0599. The third-order valence-electron chi connectivity index (χ3n) is 6.19. The van der Waals surface area contributed by atoms with Crippen LogP contribution in [0.25, 0.3) is 0 Å². The van der Waals surface area contributed by atoms with E-state index in [2.05, 4.69) is 40.1 Å². The number of rotatable bonds is 10. The molecule has 1 unspecified atom stereocenters. The number of carbonyl (C=O) groups is 2. The minimum Gasteiger partial charge on any atom is -0.481 e. The molecule has 0 aliphatic heterocycles. The van der Waals surface area contributed by atoms with Crippen molar-refractivity contribution in [1.82, 2.24) is 9.97 Å². The van der Waals surface area contributed by atoms with E-state index in [1.54, 1.807) is 0 Å². The van der Waals surface area contributed by atoms with Crippen molar-refractivity contribution in [2.45, 2.75) is 71.3 Å². The number of hydrogen-bond acceptors (Lipinski definition) is 6. The van der Waals surface area contributed by atoms with Crippen molar-refractivity contribution in [2.75, 3.05) is 23.9 Å². The fourth-order valence-electron chi connectivity index (χ4n) is 4.55. The molecule has 1 atom stereocenters. The van der Waals surface area contributed by atoms with Crippen LogP contribution in [0.5, 0.6) is 0 Å². The largest absolute Gasteiger partial charge is 0.481 e. The molecule has 1 aromatic carbocycles. The maximum absolute atomic E-state index is 11.8. The van der Waals surface area contributed by atoms with Crippen molar-refractivity contribution in [1.29, 1.82) is 0 Å². The normalized spacial score (nSPS) is 15.3. The summed E-state index contributed by atoms with van der Waals surface area (Å²) >= 11 is 0. The molecule has 0 bridgehead atoms. The maximum atomic E-state index is 11.8. The lowest BCUT2D eigenvalue weighted by atomic mass is 9.92. The highest BCUT2D eigenvalue weighted by molar-refractivity contribution is 5.87. The first-order chi connectivity index (χ1) is 15.8. The van der Waals surface area contributed by atoms with Crippen LogP contribution in [0, 0.1) is 5.92 Å². The van der Waals surface area contributed by atoms with Gasteiger partial charge in [-0.2, -0.15) is 0 Å². The summed E-state index contributed by atoms with van der Waals surface area (Å²) in [6.45, 7) is 7.29. The van der Waals surface area contributed by atoms with Crippen molar-refractivity contribution in [2.24, 2.45) is 5.92 Å². The molecule has 1 aromatic heterocycles. The number of carbonyl (C=O) groups excluding carboxylic acids is 1. The number of H-pyrrole nitrogens is 1. The van der Waals surface area contributed by atoms with Crippen LogP contribution in [0.15, 0.2) is 24.4 Å². The van der Waals surface area contributed by atoms with Gasteiger partial charge in [-0.25, -0.2) is 9.78 Å². The zero-order chi connectivity index (χ0) is 24.0. The third-order valence-corrected chi connectivity index (χ3v) is 6.19. The second-order valence-electron chi connectivity index (χ2n) is 9.38. The monoisotopic (exact) mass is 456 g/mol. The van der Waals surface area contributed by atoms with E-state index in [4.69, 9.17) is 4.74 Å². The molecule has 0 radical (unpaired) electrons. The van der Waals surface area contributed by atoms with Gasteiger partial charge in [-0.15, -0.1) is 0 Å². The average Bonchev–Trinajstić information content (AvgIpc) is 3.25. The highest BCUT2D eigenvalue weighted by atomic mass is 16.5. The third kappa shape index (κ3) is 6.49. The van der Waals surface area contributed by atoms with E-state index in [0.29, 0.717) is 17.9 Å². The molecule has 1 aliphatic carbocycles. The lowest BCUT2D eigenvalue weighted by molar-refractivity contribution is -0.137. The van der Waals surface area contributed by atoms with E-state index < -0.39 is 11.9 Å². The molecule has 0 saturated heterocycles. The molecule has 1 saturated carbocycles. The first-order valence-corrected chi connectivity index (χ1v) is 11.8. The van der Waals surface area contributed by atoms with Crippen molar-refractivity contribution in [3.05, 3.63) is 35.7 Å². The SMILES string of the molecule is COC(=O)c1cnc(Nc2cc(C(C)CC(=O)O)ccc2N(CC(C)C)C2CCCCC2)[nH]1. The summed E-state index contributed by atoms with van der Waals surface area (Å²) < 4.78 is 4.77. The quantitative estimate of drug-likeness (QED) is 0.416. The Hall–Kier alpha value is -3.03. The minimum atomic E-state index is -0.821. The van der Waals surface area contributed by atoms with Gasteiger partial charge in [-0.05, 0) is 42.4 Å². The van der Waals surface area contributed by atoms with E-state index in [1.807, 2.05) is 19.1 Å². The topological polar surface area (TPSA) is 108 Å². The van der Waals surface area contributed by atoms with Gasteiger partial charge in [0.1, 0.15) is 5.69 Å². The highest BCUT2D eigenvalue weighted by Gasteiger charge is 2.25. The standard InChI is InChI=1S/C25H36N4O4/c1-16(2)15-29(19-8-6-5-7-9-19)22-11-10-18(17(3)12-23(30)31)13-20(22)27-25-26-14-21(28-25)24(32)33-4/h10-11,13-14,16-17,19H,5-9,12,15H2,1-4H3,(H,30,31)(H2,26,27,28). The zero-order valence-electron chi connectivity index (χ0n) is 20.1. The molecule has 0 amide bonds. The van der Waals surface area contributed by atoms with Gasteiger partial charge in [0.25, 0.3) is 0 Å². The number of ether oxygens (including phenoxy) is 1. The average molecular weight is 457 g/mol. The second-order valence-corrected chi connectivity index (χ2v) is 9.38. The zero-order valence-corrected chi connectivity index (χ0v) is 20.1. The Morgan fingerprint density at radius 1 is 1.24 bits per heavy atom. The Bertz CT molecular complexity index is 950. The number of nitrogens with zero attached hydrogens (tertiary/aromatic N) is 2. The van der Waals surface area contributed by atoms with E-state index >= 15 is 0 Å². The summed E-state index contributed by atoms with van der Waals surface area (Å²) in [5.41, 5.74) is 3.12. The molecule has 3 rings (SSSR count). The fraction of sp³-hybridized carbons (Fsp3) is 0.560. The van der Waals surface area contributed by atoms with Crippen LogP contribution in [-0.2, 0) is 9.53 Å². The number of aromatic nitrogens is 2. The molecule has 1 aliphatic rings. The molecule has 8 nitrogen and oxygen atoms in total. The number of nitrogens with one attached hydrogen (secondary N) is 2. The Kier molecular flexibility index (Phi) is 8.36. The summed E-state index contributed by atoms with van der Waals surface area (Å²) in [5.74, 6) is -0.512. The van der Waals surface area contributed by atoms with Crippen LogP contribution in [0.1, 0.15) is 81.3 Å². The van der Waals surface area contributed by atoms with Gasteiger partial charge in [0, 0.05) is 12.6 Å². The first kappa shape index (κ1) is 24.6. The molecule has 3 N–H and O–H groups in total. The number of aromatic amines is 1. The van der Waals surface area contributed by atoms with Gasteiger partial charge in [-0.1, -0.05) is 46.1 Å². The number of imidazole rings is 1. The van der Waals surface area contributed by atoms with Gasteiger partial charge in [0.15, 0.2) is 0 Å². The van der Waals surface area contributed by atoms with E-state index in [1.165, 1.54) is 32.6 Å². The molecule has 2 aromatic rings. The summed E-state index contributed by atoms with van der Waals surface area (Å²) in [6, 6.07) is 6.61. The van der Waals surface area contributed by atoms with Crippen molar-refractivity contribution < 1.29 is 19.4 Å². The van der Waals surface area contributed by atoms with E-state index in [0.717, 1.165) is 36.3 Å². The summed E-state index contributed by atoms with van der Waals surface area (Å²) in [6.07, 6.45) is 7.58.